The third-order valence-corrected chi connectivity index (χ3v) is 26.0. The molecule has 0 spiro atoms. The van der Waals surface area contributed by atoms with Crippen LogP contribution in [0.1, 0.15) is 226 Å². The Morgan fingerprint density at radius 1 is 0.390 bits per heavy atom. The molecular weight excluding hydrogens is 1610 g/mol. The van der Waals surface area contributed by atoms with Crippen LogP contribution in [0.4, 0.5) is 0 Å². The van der Waals surface area contributed by atoms with Gasteiger partial charge in [0.25, 0.3) is 0 Å². The Morgan fingerprint density at radius 3 is 1.07 bits per heavy atom. The normalized spacial score (nSPS) is 27.8. The number of nitrogens with zero attached hydrogens (tertiary/aromatic N) is 3. The van der Waals surface area contributed by atoms with Gasteiger partial charge in [-0.2, -0.15) is 0 Å². The first-order chi connectivity index (χ1) is 59.1. The number of aliphatic hydroxyl groups excluding tert-OH is 11. The van der Waals surface area contributed by atoms with Crippen molar-refractivity contribution in [2.24, 2.45) is 40.2 Å². The average Bonchev–Trinajstić information content (AvgIpc) is 1.55. The largest absolute Gasteiger partial charge is 0.396 e. The molecule has 1 saturated carbocycles. The zero-order valence-corrected chi connectivity index (χ0v) is 72.6. The van der Waals surface area contributed by atoms with Gasteiger partial charge in [-0.05, 0) is 164 Å². The van der Waals surface area contributed by atoms with Crippen molar-refractivity contribution < 1.29 is 133 Å². The Labute approximate surface area is 723 Å². The quantitative estimate of drug-likeness (QED) is 0.0296. The van der Waals surface area contributed by atoms with Crippen LogP contribution in [0.25, 0.3) is 0 Å². The number of nitrogens with one attached hydrogen (secondary N) is 7. The fraction of sp³-hybridized carbons (Fsp3) is 0.882. The fourth-order valence-corrected chi connectivity index (χ4v) is 18.6. The van der Waals surface area contributed by atoms with E-state index in [2.05, 4.69) is 37.2 Å². The minimum atomic E-state index is -1.45. The number of hydrogen-bond acceptors (Lipinski definition) is 28. The van der Waals surface area contributed by atoms with E-state index in [1.807, 2.05) is 14.7 Å². The molecule has 7 rings (SSSR count). The molecule has 0 aromatic carbocycles. The number of carbonyl (C=O) groups is 10. The second-order valence-corrected chi connectivity index (χ2v) is 35.1. The highest BCUT2D eigenvalue weighted by Crippen LogP contribution is 2.51. The summed E-state index contributed by atoms with van der Waals surface area (Å²) in [6.07, 6.45) is 1.80. The maximum absolute atomic E-state index is 14.2. The van der Waals surface area contributed by atoms with Crippen LogP contribution >= 0.6 is 0 Å². The number of carbonyl (C=O) groups excluding carboxylic acids is 10. The van der Waals surface area contributed by atoms with Crippen LogP contribution in [-0.4, -0.2) is 347 Å². The van der Waals surface area contributed by atoms with Gasteiger partial charge in [-0.3, -0.25) is 47.9 Å². The van der Waals surface area contributed by atoms with Crippen LogP contribution < -0.4 is 43.0 Å². The number of likely N-dealkylation sites (tertiary alicyclic amines) is 3. The monoisotopic (exact) mass is 1760 g/mol. The number of piperidine rings is 2. The number of aliphatic hydroxyl groups is 11. The number of fused-ring (bicyclic) bond motifs is 1. The number of amides is 10. The Balaban J connectivity index is 0.906. The number of hydrogen-bond donors (Lipinski definition) is 19. The van der Waals surface area contributed by atoms with Gasteiger partial charge in [-0.15, -0.1) is 0 Å². The van der Waals surface area contributed by atoms with Crippen molar-refractivity contribution in [1.29, 1.82) is 0 Å². The minimum absolute atomic E-state index is 0.0119. The molecule has 6 saturated heterocycles. The molecule has 0 bridgehead atoms. The molecule has 0 aromatic heterocycles. The molecule has 7 aliphatic rings. The van der Waals surface area contributed by atoms with E-state index in [-0.39, 0.29) is 143 Å². The molecule has 6 heterocycles. The molecule has 0 aromatic rings. The SMILES string of the molecule is CC(=O)NC1C(OCCCCC(=O)NCCCCCC(=O)NCC(CCC(=O)NCCCCCC(=O)N2C[C@@H]3CC(CO)(CO)C[C@@H]3C2)(C2CCN(C(=O)CCCCCNC(=O)CCCCOC3OC(CO)C(O)C(O)C3N)CC2)C2CCN(C(=O)CCCCCNC(=O)CCCCOC3OC(CO)C(O)C(O)C3NC(C)=O)CC2)OC(CO)C(O)C1O. The van der Waals surface area contributed by atoms with Gasteiger partial charge in [0.15, 0.2) is 18.9 Å². The summed E-state index contributed by atoms with van der Waals surface area (Å²) < 4.78 is 33.9. The van der Waals surface area contributed by atoms with Crippen LogP contribution in [0, 0.1) is 34.5 Å². The van der Waals surface area contributed by atoms with Crippen molar-refractivity contribution in [3.63, 3.8) is 0 Å². The van der Waals surface area contributed by atoms with Gasteiger partial charge < -0.3 is 142 Å². The van der Waals surface area contributed by atoms with E-state index >= 15 is 0 Å². The summed E-state index contributed by atoms with van der Waals surface area (Å²) in [4.78, 5) is 137. The molecular formula is C85H149N11O27. The van der Waals surface area contributed by atoms with E-state index < -0.39 is 134 Å². The van der Waals surface area contributed by atoms with Gasteiger partial charge in [0.1, 0.15) is 67.0 Å². The smallest absolute Gasteiger partial charge is 0.222 e. The average molecular weight is 1760 g/mol. The lowest BCUT2D eigenvalue weighted by Gasteiger charge is -2.52. The lowest BCUT2D eigenvalue weighted by molar-refractivity contribution is -0.270. The molecule has 16 unspecified atom stereocenters. The summed E-state index contributed by atoms with van der Waals surface area (Å²) in [7, 11) is 0. The predicted octanol–water partition coefficient (Wildman–Crippen LogP) is -1.89. The Morgan fingerprint density at radius 2 is 0.707 bits per heavy atom. The third-order valence-electron chi connectivity index (χ3n) is 26.0. The summed E-state index contributed by atoms with van der Waals surface area (Å²) in [6.45, 7) is 6.11. The van der Waals surface area contributed by atoms with Gasteiger partial charge in [0.2, 0.25) is 59.1 Å². The van der Waals surface area contributed by atoms with E-state index in [1.165, 1.54) is 13.8 Å². The van der Waals surface area contributed by atoms with E-state index in [0.717, 1.165) is 6.42 Å². The first-order valence-electron chi connectivity index (χ1n) is 45.5. The maximum atomic E-state index is 14.2. The second-order valence-electron chi connectivity index (χ2n) is 35.1. The van der Waals surface area contributed by atoms with E-state index in [9.17, 15) is 104 Å². The molecule has 18 atom stereocenters. The molecule has 1 aliphatic carbocycles. The van der Waals surface area contributed by atoms with Crippen molar-refractivity contribution in [3.8, 4) is 0 Å². The van der Waals surface area contributed by atoms with E-state index in [0.29, 0.717) is 239 Å². The van der Waals surface area contributed by atoms with Crippen LogP contribution in [0.2, 0.25) is 0 Å². The number of nitrogens with two attached hydrogens (primary N) is 1. The van der Waals surface area contributed by atoms with Crippen LogP contribution in [0.5, 0.6) is 0 Å². The highest BCUT2D eigenvalue weighted by molar-refractivity contribution is 5.79. The summed E-state index contributed by atoms with van der Waals surface area (Å²) in [6, 6.07) is -3.16. The number of rotatable bonds is 56. The Kier molecular flexibility index (Phi) is 46.5. The van der Waals surface area contributed by atoms with Gasteiger partial charge >= 0.3 is 0 Å². The standard InChI is InChI=1S/C85H149N11O27/c1-55(102)92-73-79(116)76(113)62(50-98)122-82(73)119-43-19-12-23-65(105)87-34-14-3-7-21-67(107)91-52-85(33-28-68(108)90-37-17-6-10-27-71(111)96-47-57-45-84(53-100,54-101)46-58(57)48-96,59-29-38-94(39-30-59)69(109)25-8-4-15-35-88-64(104)22-11-18-42-118-81-72(86)78(115)75(112)61(49-97)121-81)60-31-40-95(41-32-60)70(110)26-9-5-16-36-89-66(106)24-13-20-44-120-83-74(93-56(2)103)80(117)77(114)63(51-99)123-83/h57-63,72-83,97-101,112-117H,3-54,86H2,1-2H3,(H,87,105)(H,88,104)(H,89,106)(H,90,108)(H,91,107)(H,92,102)(H,93,103)/t57-,58+,61?,62?,63?,72?,73?,74?,75?,76?,77?,78?,79?,80?,81?,82?,83?,85?. The van der Waals surface area contributed by atoms with Crippen LogP contribution in [0.15, 0.2) is 0 Å². The lowest BCUT2D eigenvalue weighted by atomic mass is 9.58. The first kappa shape index (κ1) is 104. The van der Waals surface area contributed by atoms with Crippen molar-refractivity contribution in [2.45, 2.75) is 318 Å². The van der Waals surface area contributed by atoms with Crippen molar-refractivity contribution in [1.82, 2.24) is 51.9 Å². The van der Waals surface area contributed by atoms with Gasteiger partial charge in [-0.1, -0.05) is 25.7 Å². The van der Waals surface area contributed by atoms with Gasteiger partial charge in [0.05, 0.1) is 39.1 Å². The van der Waals surface area contributed by atoms with Gasteiger partial charge in [-0.25, -0.2) is 0 Å². The van der Waals surface area contributed by atoms with Crippen molar-refractivity contribution in [2.75, 3.05) is 125 Å². The molecule has 123 heavy (non-hydrogen) atoms. The van der Waals surface area contributed by atoms with Crippen molar-refractivity contribution >= 4 is 59.1 Å². The third kappa shape index (κ3) is 33.5. The topological polar surface area (TPSA) is 569 Å². The predicted molar refractivity (Wildman–Crippen MR) is 444 cm³/mol. The molecule has 0 radical (unpaired) electrons. The lowest BCUT2D eigenvalue weighted by Crippen LogP contribution is -2.64. The maximum Gasteiger partial charge on any atom is 0.222 e. The van der Waals surface area contributed by atoms with Crippen LogP contribution in [-0.2, 0) is 76.4 Å². The second kappa shape index (κ2) is 55.0. The highest BCUT2D eigenvalue weighted by Gasteiger charge is 2.52. The Hall–Kier alpha value is -6.02. The Bertz CT molecular complexity index is 3170. The summed E-state index contributed by atoms with van der Waals surface area (Å²) in [5.41, 5.74) is 4.85. The zero-order valence-electron chi connectivity index (χ0n) is 72.6. The van der Waals surface area contributed by atoms with Crippen molar-refractivity contribution in [3.05, 3.63) is 0 Å². The molecule has 38 heteroatoms. The molecule has 6 aliphatic heterocycles. The van der Waals surface area contributed by atoms with E-state index in [4.69, 9.17) is 34.2 Å². The minimum Gasteiger partial charge on any atom is -0.396 e. The summed E-state index contributed by atoms with van der Waals surface area (Å²) >= 11 is 0. The molecule has 38 nitrogen and oxygen atoms in total. The summed E-state index contributed by atoms with van der Waals surface area (Å²) in [5, 5.41) is 131. The first-order valence-corrected chi connectivity index (χ1v) is 45.5. The zero-order chi connectivity index (χ0) is 89.4. The van der Waals surface area contributed by atoms with Crippen LogP contribution in [0.3, 0.4) is 0 Å². The molecule has 10 amide bonds. The number of ether oxygens (including phenoxy) is 6. The fourth-order valence-electron chi connectivity index (χ4n) is 18.6. The highest BCUT2D eigenvalue weighted by atomic mass is 16.7. The van der Waals surface area contributed by atoms with Gasteiger partial charge in [0, 0.05) is 162 Å². The van der Waals surface area contributed by atoms with E-state index in [1.54, 1.807) is 0 Å². The molecule has 7 fully saturated rings. The molecule has 20 N–H and O–H groups in total. The number of unbranched alkanes of at least 4 members (excludes halogenated alkanes) is 11. The summed E-state index contributed by atoms with van der Waals surface area (Å²) in [5.74, 6) is -1.14. The molecule has 706 valence electrons.